The summed E-state index contributed by atoms with van der Waals surface area (Å²) in [6.07, 6.45) is -13.7. The lowest BCUT2D eigenvalue weighted by Crippen LogP contribution is -2.70. The molecule has 1 amide bonds. The Morgan fingerprint density at radius 1 is 0.723 bits per heavy atom. The van der Waals surface area contributed by atoms with Gasteiger partial charge in [0.2, 0.25) is 5.91 Å². The van der Waals surface area contributed by atoms with Gasteiger partial charge in [0.05, 0.1) is 83.8 Å². The maximum Gasteiger partial charge on any atom is 0.217 e. The molecule has 3 aliphatic rings. The summed E-state index contributed by atoms with van der Waals surface area (Å²) in [6.45, 7) is 1.57. The molecule has 0 aromatic carbocycles. The van der Waals surface area contributed by atoms with Crippen molar-refractivity contribution < 1.29 is 78.4 Å². The zero-order valence-electron chi connectivity index (χ0n) is 26.9. The number of hydrogen-bond donors (Lipinski definition) is 10. The maximum atomic E-state index is 12.3. The molecule has 0 bridgehead atoms. The molecule has 15 atom stereocenters. The fourth-order valence-electron chi connectivity index (χ4n) is 5.81. The van der Waals surface area contributed by atoms with Crippen LogP contribution in [-0.2, 0) is 42.7 Å². The Labute approximate surface area is 273 Å². The summed E-state index contributed by atoms with van der Waals surface area (Å²) in [7, 11) is 1.50. The monoisotopic (exact) mass is 687 g/mol. The lowest BCUT2D eigenvalue weighted by molar-refractivity contribution is -0.350. The van der Waals surface area contributed by atoms with Gasteiger partial charge in [0.25, 0.3) is 0 Å². The third kappa shape index (κ3) is 10.6. The van der Waals surface area contributed by atoms with Crippen LogP contribution in [0.25, 0.3) is 0 Å². The lowest BCUT2D eigenvalue weighted by atomic mass is 9.89. The van der Waals surface area contributed by atoms with Gasteiger partial charge in [-0.3, -0.25) is 4.79 Å². The van der Waals surface area contributed by atoms with Gasteiger partial charge in [-0.15, -0.1) is 0 Å². The van der Waals surface area contributed by atoms with Crippen LogP contribution in [0.15, 0.2) is 0 Å². The minimum atomic E-state index is -1.58. The Bertz CT molecular complexity index is 912. The number of likely N-dealkylation sites (N-methyl/N-ethyl adjacent to an activating group) is 1. The summed E-state index contributed by atoms with van der Waals surface area (Å²) in [5.41, 5.74) is 6.29. The van der Waals surface area contributed by atoms with Crippen LogP contribution >= 0.6 is 0 Å². The van der Waals surface area contributed by atoms with E-state index in [1.807, 2.05) is 0 Å². The minimum Gasteiger partial charge on any atom is -0.394 e. The molecule has 3 fully saturated rings. The summed E-state index contributed by atoms with van der Waals surface area (Å²) in [6, 6.07) is -3.39. The standard InChI is InChI=1S/C28H53N3O16/c1-13-15(10-40-7-4-32)44-27(18(29)21(13)36)46-25-17(12-42-9-6-34)45-28(20(23(25)38)31-14(2)35)47-24-16(11-41-8-5-33)43-26(39)19(30-3)22(24)37/h13,15-28,30,32-34,36-39H,4-12,29H2,1-3H3,(H,31,35)/t13-,15?,16?,17?,18?,19?,20?,21+,22-,23-,24-,25-,26-,27+,28+/m1/s1. The number of aliphatic hydroxyl groups is 7. The topological polar surface area (TPSA) is 283 Å². The Morgan fingerprint density at radius 2 is 1.19 bits per heavy atom. The number of amides is 1. The van der Waals surface area contributed by atoms with Crippen LogP contribution in [0.4, 0.5) is 0 Å². The average molecular weight is 688 g/mol. The van der Waals surface area contributed by atoms with Gasteiger partial charge in [0.1, 0.15) is 42.7 Å². The molecule has 0 radical (unpaired) electrons. The SMILES string of the molecule is CNC1[C@H](O)OC(COCCO)[C@@H](O[C@@H]2OC(COCCO)[C@@H](O[C@@H]3OC(COCCO)[C@@H](C)[C@H](O)C3N)[C@H](O)C2NC(C)=O)[C@@H]1O. The van der Waals surface area contributed by atoms with Crippen LogP contribution in [0.2, 0.25) is 0 Å². The number of nitrogens with one attached hydrogen (secondary N) is 2. The Morgan fingerprint density at radius 3 is 1.70 bits per heavy atom. The lowest BCUT2D eigenvalue weighted by Gasteiger charge is -2.50. The van der Waals surface area contributed by atoms with E-state index in [1.165, 1.54) is 14.0 Å². The normalized spacial score (nSPS) is 41.1. The van der Waals surface area contributed by atoms with Crippen LogP contribution in [0.1, 0.15) is 13.8 Å². The molecule has 11 N–H and O–H groups in total. The summed E-state index contributed by atoms with van der Waals surface area (Å²) in [5, 5.41) is 77.1. The summed E-state index contributed by atoms with van der Waals surface area (Å²) in [4.78, 5) is 12.3. The van der Waals surface area contributed by atoms with E-state index in [-0.39, 0.29) is 59.5 Å². The highest BCUT2D eigenvalue weighted by atomic mass is 16.7. The molecule has 3 aliphatic heterocycles. The highest BCUT2D eigenvalue weighted by Gasteiger charge is 2.53. The Kier molecular flexibility index (Phi) is 17.0. The fourth-order valence-corrected chi connectivity index (χ4v) is 5.81. The molecule has 0 aromatic rings. The minimum absolute atomic E-state index is 0.0137. The van der Waals surface area contributed by atoms with Crippen molar-refractivity contribution in [3.05, 3.63) is 0 Å². The molecule has 276 valence electrons. The van der Waals surface area contributed by atoms with E-state index in [0.29, 0.717) is 0 Å². The van der Waals surface area contributed by atoms with Crippen LogP contribution in [-0.4, -0.2) is 194 Å². The summed E-state index contributed by atoms with van der Waals surface area (Å²) in [5.74, 6) is -1.04. The predicted molar refractivity (Wildman–Crippen MR) is 157 cm³/mol. The quantitative estimate of drug-likeness (QED) is 0.0600. The number of carbonyl (C=O) groups excluding carboxylic acids is 1. The molecule has 19 nitrogen and oxygen atoms in total. The molecule has 6 unspecified atom stereocenters. The van der Waals surface area contributed by atoms with Crippen molar-refractivity contribution in [1.29, 1.82) is 0 Å². The van der Waals surface area contributed by atoms with Gasteiger partial charge in [0.15, 0.2) is 18.9 Å². The molecule has 47 heavy (non-hydrogen) atoms. The van der Waals surface area contributed by atoms with Crippen molar-refractivity contribution in [2.75, 3.05) is 66.5 Å². The van der Waals surface area contributed by atoms with Gasteiger partial charge < -0.3 is 90.0 Å². The average Bonchev–Trinajstić information content (AvgIpc) is 3.03. The molecule has 3 heterocycles. The first-order valence-electron chi connectivity index (χ1n) is 15.7. The zero-order valence-corrected chi connectivity index (χ0v) is 26.9. The number of aliphatic hydroxyl groups excluding tert-OH is 7. The summed E-state index contributed by atoms with van der Waals surface area (Å²) < 4.78 is 46.6. The van der Waals surface area contributed by atoms with Crippen LogP contribution < -0.4 is 16.4 Å². The number of rotatable bonds is 18. The Hall–Kier alpha value is -1.21. The second-order valence-corrected chi connectivity index (χ2v) is 11.7. The van der Waals surface area contributed by atoms with E-state index in [1.54, 1.807) is 6.92 Å². The molecule has 0 aromatic heterocycles. The van der Waals surface area contributed by atoms with Crippen molar-refractivity contribution in [2.45, 2.75) is 99.7 Å². The molecular formula is C28H53N3O16. The number of ether oxygens (including phenoxy) is 8. The van der Waals surface area contributed by atoms with Crippen LogP contribution in [0, 0.1) is 5.92 Å². The van der Waals surface area contributed by atoms with Gasteiger partial charge in [-0.2, -0.15) is 0 Å². The van der Waals surface area contributed by atoms with Crippen molar-refractivity contribution in [1.82, 2.24) is 10.6 Å². The number of nitrogens with two attached hydrogens (primary N) is 1. The van der Waals surface area contributed by atoms with E-state index >= 15 is 0 Å². The second-order valence-electron chi connectivity index (χ2n) is 11.7. The van der Waals surface area contributed by atoms with Gasteiger partial charge in [-0.05, 0) is 7.05 Å². The highest BCUT2D eigenvalue weighted by Crippen LogP contribution is 2.33. The largest absolute Gasteiger partial charge is 0.394 e. The van der Waals surface area contributed by atoms with Gasteiger partial charge in [-0.25, -0.2) is 0 Å². The third-order valence-electron chi connectivity index (χ3n) is 8.35. The highest BCUT2D eigenvalue weighted by molar-refractivity contribution is 5.73. The molecule has 0 spiro atoms. The van der Waals surface area contributed by atoms with Gasteiger partial charge >= 0.3 is 0 Å². The molecule has 19 heteroatoms. The first-order valence-corrected chi connectivity index (χ1v) is 15.7. The zero-order chi connectivity index (χ0) is 34.7. The summed E-state index contributed by atoms with van der Waals surface area (Å²) >= 11 is 0. The van der Waals surface area contributed by atoms with E-state index in [9.17, 15) is 30.3 Å². The molecular weight excluding hydrogens is 634 g/mol. The van der Waals surface area contributed by atoms with Crippen molar-refractivity contribution >= 4 is 5.91 Å². The molecule has 0 aliphatic carbocycles. The van der Waals surface area contributed by atoms with Crippen LogP contribution in [0.5, 0.6) is 0 Å². The van der Waals surface area contributed by atoms with E-state index in [0.717, 1.165) is 0 Å². The molecule has 0 saturated carbocycles. The van der Waals surface area contributed by atoms with E-state index < -0.39 is 97.7 Å². The third-order valence-corrected chi connectivity index (χ3v) is 8.35. The predicted octanol–water partition coefficient (Wildman–Crippen LogP) is -5.91. The number of carbonyl (C=O) groups is 1. The fraction of sp³-hybridized carbons (Fsp3) is 0.964. The van der Waals surface area contributed by atoms with E-state index in [2.05, 4.69) is 10.6 Å². The van der Waals surface area contributed by atoms with Gasteiger partial charge in [-0.1, -0.05) is 6.92 Å². The smallest absolute Gasteiger partial charge is 0.217 e. The second kappa shape index (κ2) is 19.8. The van der Waals surface area contributed by atoms with Gasteiger partial charge in [0, 0.05) is 12.8 Å². The number of hydrogen-bond acceptors (Lipinski definition) is 18. The Balaban J connectivity index is 1.89. The van der Waals surface area contributed by atoms with Crippen LogP contribution in [0.3, 0.4) is 0 Å². The first kappa shape index (κ1) is 40.2. The van der Waals surface area contributed by atoms with Crippen molar-refractivity contribution in [2.24, 2.45) is 11.7 Å². The molecule has 3 saturated heterocycles. The van der Waals surface area contributed by atoms with Crippen molar-refractivity contribution in [3.63, 3.8) is 0 Å². The van der Waals surface area contributed by atoms with E-state index in [4.69, 9.17) is 53.8 Å². The molecule has 3 rings (SSSR count). The van der Waals surface area contributed by atoms with Crippen molar-refractivity contribution in [3.8, 4) is 0 Å². The maximum absolute atomic E-state index is 12.3. The first-order chi connectivity index (χ1) is 22.5.